The molecular formula is C26H36N4O3S. The van der Waals surface area contributed by atoms with Gasteiger partial charge in [-0.05, 0) is 57.1 Å². The minimum absolute atomic E-state index is 0. The monoisotopic (exact) mass is 484 g/mol. The Balaban J connectivity index is 0.000000345. The molecule has 8 heteroatoms. The van der Waals surface area contributed by atoms with Crippen LogP contribution in [0.1, 0.15) is 34.9 Å². The predicted octanol–water partition coefficient (Wildman–Crippen LogP) is 4.61. The van der Waals surface area contributed by atoms with Crippen molar-refractivity contribution in [3.8, 4) is 16.3 Å². The Bertz CT molecular complexity index is 1000. The van der Waals surface area contributed by atoms with Gasteiger partial charge in [0.25, 0.3) is 5.91 Å². The molecule has 0 unspecified atom stereocenters. The standard InChI is InChI=1S/C17H22N4O2S.C8H10O.CH4/c1-13-18-7-5-14(20-13)15-3-4-16(24-15)17(22)19-6-2-8-21-9-11-23-12-10-21;1-7-3-5-8(9-2)6-4-7;/h3-5,7H,2,6,8-12H2,1H3,(H,19,22);3-6H,1-2H3;1H4. The van der Waals surface area contributed by atoms with Gasteiger partial charge in [-0.2, -0.15) is 0 Å². The lowest BCUT2D eigenvalue weighted by atomic mass is 10.2. The van der Waals surface area contributed by atoms with E-state index in [2.05, 4.69) is 27.1 Å². The summed E-state index contributed by atoms with van der Waals surface area (Å²) in [6.45, 7) is 9.20. The van der Waals surface area contributed by atoms with E-state index in [4.69, 9.17) is 9.47 Å². The number of carbonyl (C=O) groups is 1. The third kappa shape index (κ3) is 8.85. The Labute approximate surface area is 207 Å². The highest BCUT2D eigenvalue weighted by Crippen LogP contribution is 2.26. The third-order valence-electron chi connectivity index (χ3n) is 5.16. The number of carbonyl (C=O) groups excluding carboxylic acids is 1. The van der Waals surface area contributed by atoms with Crippen molar-refractivity contribution in [2.75, 3.05) is 46.5 Å². The van der Waals surface area contributed by atoms with Crippen LogP contribution in [-0.2, 0) is 4.74 Å². The van der Waals surface area contributed by atoms with Crippen LogP contribution >= 0.6 is 11.3 Å². The molecule has 4 rings (SSSR count). The van der Waals surface area contributed by atoms with E-state index in [0.717, 1.165) is 61.4 Å². The summed E-state index contributed by atoms with van der Waals surface area (Å²) >= 11 is 1.46. The molecule has 0 atom stereocenters. The number of nitrogens with one attached hydrogen (secondary N) is 1. The van der Waals surface area contributed by atoms with Crippen molar-refractivity contribution < 1.29 is 14.3 Å². The molecule has 0 bridgehead atoms. The molecular weight excluding hydrogens is 448 g/mol. The van der Waals surface area contributed by atoms with Gasteiger partial charge in [0.15, 0.2) is 0 Å². The number of rotatable bonds is 7. The molecule has 1 fully saturated rings. The summed E-state index contributed by atoms with van der Waals surface area (Å²) in [5.74, 6) is 1.63. The second-order valence-corrected chi connectivity index (χ2v) is 8.82. The fourth-order valence-corrected chi connectivity index (χ4v) is 4.17. The summed E-state index contributed by atoms with van der Waals surface area (Å²) in [7, 11) is 1.67. The van der Waals surface area contributed by atoms with Crippen LogP contribution in [0.25, 0.3) is 10.6 Å². The maximum Gasteiger partial charge on any atom is 0.261 e. The first-order valence-corrected chi connectivity index (χ1v) is 12.0. The summed E-state index contributed by atoms with van der Waals surface area (Å²) in [5, 5.41) is 3.00. The Morgan fingerprint density at radius 3 is 2.53 bits per heavy atom. The smallest absolute Gasteiger partial charge is 0.261 e. The van der Waals surface area contributed by atoms with Crippen LogP contribution in [0.5, 0.6) is 5.75 Å². The Hall–Kier alpha value is -2.81. The van der Waals surface area contributed by atoms with E-state index in [1.807, 2.05) is 49.4 Å². The zero-order chi connectivity index (χ0) is 23.5. The molecule has 3 aromatic rings. The molecule has 1 N–H and O–H groups in total. The highest BCUT2D eigenvalue weighted by Gasteiger charge is 2.12. The summed E-state index contributed by atoms with van der Waals surface area (Å²) in [6, 6.07) is 13.6. The number of aromatic nitrogens is 2. The van der Waals surface area contributed by atoms with Gasteiger partial charge in [-0.25, -0.2) is 9.97 Å². The number of benzene rings is 1. The molecule has 1 saturated heterocycles. The van der Waals surface area contributed by atoms with Crippen molar-refractivity contribution in [2.45, 2.75) is 27.7 Å². The number of hydrogen-bond acceptors (Lipinski definition) is 7. The lowest BCUT2D eigenvalue weighted by molar-refractivity contribution is 0.0374. The van der Waals surface area contributed by atoms with Gasteiger partial charge in [-0.15, -0.1) is 11.3 Å². The SMILES string of the molecule is C.COc1ccc(C)cc1.Cc1nccc(-c2ccc(C(=O)NCCCN3CCOCC3)s2)n1. The van der Waals surface area contributed by atoms with Gasteiger partial charge in [-0.1, -0.05) is 25.1 Å². The molecule has 1 amide bonds. The van der Waals surface area contributed by atoms with Crippen molar-refractivity contribution >= 4 is 17.2 Å². The molecule has 0 saturated carbocycles. The van der Waals surface area contributed by atoms with Gasteiger partial charge in [0.1, 0.15) is 11.6 Å². The first-order valence-electron chi connectivity index (χ1n) is 11.1. The minimum atomic E-state index is -0.0148. The van der Waals surface area contributed by atoms with E-state index in [-0.39, 0.29) is 13.3 Å². The topological polar surface area (TPSA) is 76.6 Å². The fraction of sp³-hybridized carbons (Fsp3) is 0.423. The molecule has 1 aliphatic rings. The van der Waals surface area contributed by atoms with Crippen molar-refractivity contribution in [1.29, 1.82) is 0 Å². The van der Waals surface area contributed by atoms with E-state index >= 15 is 0 Å². The minimum Gasteiger partial charge on any atom is -0.497 e. The van der Waals surface area contributed by atoms with Crippen molar-refractivity contribution in [3.63, 3.8) is 0 Å². The Morgan fingerprint density at radius 1 is 1.12 bits per heavy atom. The van der Waals surface area contributed by atoms with Gasteiger partial charge >= 0.3 is 0 Å². The van der Waals surface area contributed by atoms with E-state index in [9.17, 15) is 4.79 Å². The molecule has 0 spiro atoms. The lowest BCUT2D eigenvalue weighted by Crippen LogP contribution is -2.38. The van der Waals surface area contributed by atoms with Crippen molar-refractivity contribution in [3.05, 3.63) is 64.9 Å². The molecule has 7 nitrogen and oxygen atoms in total. The highest BCUT2D eigenvalue weighted by molar-refractivity contribution is 7.17. The van der Waals surface area contributed by atoms with Gasteiger partial charge in [-0.3, -0.25) is 9.69 Å². The molecule has 1 aromatic carbocycles. The fourth-order valence-electron chi connectivity index (χ4n) is 3.28. The Morgan fingerprint density at radius 2 is 1.85 bits per heavy atom. The number of ether oxygens (including phenoxy) is 2. The van der Waals surface area contributed by atoms with Crippen LogP contribution in [0.3, 0.4) is 0 Å². The van der Waals surface area contributed by atoms with Gasteiger partial charge < -0.3 is 14.8 Å². The number of amides is 1. The average Bonchev–Trinajstić information content (AvgIpc) is 3.34. The first kappa shape index (κ1) is 27.4. The number of methoxy groups -OCH3 is 1. The number of nitrogens with zero attached hydrogens (tertiary/aromatic N) is 3. The van der Waals surface area contributed by atoms with E-state index in [1.54, 1.807) is 13.3 Å². The van der Waals surface area contributed by atoms with E-state index < -0.39 is 0 Å². The summed E-state index contributed by atoms with van der Waals surface area (Å²) < 4.78 is 10.3. The summed E-state index contributed by atoms with van der Waals surface area (Å²) in [5.41, 5.74) is 2.12. The molecule has 34 heavy (non-hydrogen) atoms. The largest absolute Gasteiger partial charge is 0.497 e. The predicted molar refractivity (Wildman–Crippen MR) is 139 cm³/mol. The van der Waals surface area contributed by atoms with Gasteiger partial charge in [0, 0.05) is 25.8 Å². The van der Waals surface area contributed by atoms with Gasteiger partial charge in [0.05, 0.1) is 35.8 Å². The van der Waals surface area contributed by atoms with Crippen LogP contribution in [0.4, 0.5) is 0 Å². The van der Waals surface area contributed by atoms with Gasteiger partial charge in [0.2, 0.25) is 0 Å². The number of morpholine rings is 1. The number of thiophene rings is 1. The van der Waals surface area contributed by atoms with Crippen molar-refractivity contribution in [2.24, 2.45) is 0 Å². The van der Waals surface area contributed by atoms with Crippen LogP contribution in [0, 0.1) is 13.8 Å². The molecule has 184 valence electrons. The van der Waals surface area contributed by atoms with Crippen LogP contribution in [0.2, 0.25) is 0 Å². The average molecular weight is 485 g/mol. The third-order valence-corrected chi connectivity index (χ3v) is 6.26. The van der Waals surface area contributed by atoms with Crippen LogP contribution < -0.4 is 10.1 Å². The molecule has 1 aliphatic heterocycles. The van der Waals surface area contributed by atoms with E-state index in [0.29, 0.717) is 11.4 Å². The van der Waals surface area contributed by atoms with Crippen LogP contribution in [0.15, 0.2) is 48.7 Å². The number of aryl methyl sites for hydroxylation is 2. The molecule has 0 aliphatic carbocycles. The maximum absolute atomic E-state index is 12.2. The first-order chi connectivity index (χ1) is 16.0. The molecule has 0 radical (unpaired) electrons. The van der Waals surface area contributed by atoms with E-state index in [1.165, 1.54) is 16.9 Å². The summed E-state index contributed by atoms with van der Waals surface area (Å²) in [6.07, 6.45) is 2.69. The van der Waals surface area contributed by atoms with Crippen LogP contribution in [-0.4, -0.2) is 67.3 Å². The lowest BCUT2D eigenvalue weighted by Gasteiger charge is -2.26. The Kier molecular flexibility index (Phi) is 11.7. The quantitative estimate of drug-likeness (QED) is 0.494. The normalized spacial score (nSPS) is 13.3. The summed E-state index contributed by atoms with van der Waals surface area (Å²) in [4.78, 5) is 24.8. The molecule has 3 heterocycles. The molecule has 2 aromatic heterocycles. The maximum atomic E-state index is 12.2. The highest BCUT2D eigenvalue weighted by atomic mass is 32.1. The number of hydrogen-bond donors (Lipinski definition) is 1. The second-order valence-electron chi connectivity index (χ2n) is 7.73. The zero-order valence-corrected chi connectivity index (χ0v) is 20.4. The second kappa shape index (κ2) is 14.5. The zero-order valence-electron chi connectivity index (χ0n) is 19.5. The van der Waals surface area contributed by atoms with Crippen molar-refractivity contribution in [1.82, 2.24) is 20.2 Å².